The van der Waals surface area contributed by atoms with Crippen LogP contribution in [0.1, 0.15) is 11.1 Å². The van der Waals surface area contributed by atoms with Gasteiger partial charge in [-0.15, -0.1) is 0 Å². The molecule has 0 bridgehead atoms. The Hall–Kier alpha value is -0.670. The summed E-state index contributed by atoms with van der Waals surface area (Å²) >= 11 is 7.24. The lowest BCUT2D eigenvalue weighted by atomic mass is 9.79. The molecule has 0 unspecified atom stereocenters. The molecule has 0 N–H and O–H groups in total. The van der Waals surface area contributed by atoms with Crippen LogP contribution in [0.25, 0.3) is 0 Å². The van der Waals surface area contributed by atoms with Crippen LogP contribution < -0.4 is 0 Å². The highest BCUT2D eigenvalue weighted by atomic mass is 79.9. The molecule has 0 aliphatic carbocycles. The van der Waals surface area contributed by atoms with Crippen LogP contribution in [-0.2, 0) is 11.8 Å². The fourth-order valence-corrected chi connectivity index (χ4v) is 4.15. The molecule has 2 rings (SSSR count). The van der Waals surface area contributed by atoms with E-state index in [1.165, 1.54) is 17.7 Å². The van der Waals surface area contributed by atoms with Gasteiger partial charge in [-0.25, -0.2) is 4.39 Å². The second kappa shape index (κ2) is 6.67. The second-order valence-corrected chi connectivity index (χ2v) is 5.84. The van der Waals surface area contributed by atoms with Gasteiger partial charge in [-0.05, 0) is 29.7 Å². The van der Waals surface area contributed by atoms with E-state index in [4.69, 9.17) is 0 Å². The quantitative estimate of drug-likeness (QED) is 0.628. The van der Waals surface area contributed by atoms with Gasteiger partial charge < -0.3 is 0 Å². The molecule has 0 heterocycles. The number of alkyl halides is 2. The molecule has 2 aromatic carbocycles. The van der Waals surface area contributed by atoms with E-state index in [9.17, 15) is 4.39 Å². The first-order valence-corrected chi connectivity index (χ1v) is 8.36. The minimum atomic E-state index is -0.193. The molecule has 0 saturated carbocycles. The molecular formula is C16H15Br2F. The summed E-state index contributed by atoms with van der Waals surface area (Å²) in [6.07, 6.45) is 0.913. The van der Waals surface area contributed by atoms with Crippen molar-refractivity contribution in [1.29, 1.82) is 0 Å². The average molecular weight is 386 g/mol. The molecule has 19 heavy (non-hydrogen) atoms. The van der Waals surface area contributed by atoms with Gasteiger partial charge in [0.1, 0.15) is 5.82 Å². The summed E-state index contributed by atoms with van der Waals surface area (Å²) in [4.78, 5) is 0. The maximum atomic E-state index is 13.1. The van der Waals surface area contributed by atoms with Gasteiger partial charge in [0.25, 0.3) is 0 Å². The smallest absolute Gasteiger partial charge is 0.123 e. The van der Waals surface area contributed by atoms with Crippen LogP contribution in [-0.4, -0.2) is 10.7 Å². The highest BCUT2D eigenvalue weighted by Gasteiger charge is 2.30. The Morgan fingerprint density at radius 3 is 1.95 bits per heavy atom. The third-order valence-electron chi connectivity index (χ3n) is 3.35. The molecule has 0 spiro atoms. The van der Waals surface area contributed by atoms with Crippen molar-refractivity contribution >= 4 is 31.9 Å². The van der Waals surface area contributed by atoms with E-state index in [0.717, 1.165) is 22.6 Å². The monoisotopic (exact) mass is 384 g/mol. The lowest BCUT2D eigenvalue weighted by Crippen LogP contribution is -2.33. The van der Waals surface area contributed by atoms with E-state index in [2.05, 4.69) is 44.0 Å². The first kappa shape index (κ1) is 14.7. The molecule has 0 nitrogen and oxygen atoms in total. The van der Waals surface area contributed by atoms with Crippen LogP contribution >= 0.6 is 31.9 Å². The van der Waals surface area contributed by atoms with Gasteiger partial charge in [-0.3, -0.25) is 0 Å². The Morgan fingerprint density at radius 2 is 1.42 bits per heavy atom. The topological polar surface area (TPSA) is 0 Å². The molecule has 0 aromatic heterocycles. The zero-order chi connectivity index (χ0) is 13.7. The summed E-state index contributed by atoms with van der Waals surface area (Å²) in [5, 5.41) is 1.65. The lowest BCUT2D eigenvalue weighted by molar-refractivity contribution is 0.547. The Balaban J connectivity index is 2.34. The SMILES string of the molecule is Fc1ccc(C(CBr)(CBr)Cc2ccccc2)cc1. The van der Waals surface area contributed by atoms with Crippen LogP contribution in [0, 0.1) is 5.82 Å². The highest BCUT2D eigenvalue weighted by Crippen LogP contribution is 2.33. The van der Waals surface area contributed by atoms with Crippen LogP contribution in [0.5, 0.6) is 0 Å². The molecule has 0 radical (unpaired) electrons. The molecule has 0 aliphatic heterocycles. The number of rotatable bonds is 5. The third kappa shape index (κ3) is 3.46. The number of benzene rings is 2. The number of hydrogen-bond donors (Lipinski definition) is 0. The van der Waals surface area contributed by atoms with Gasteiger partial charge in [-0.2, -0.15) is 0 Å². The first-order chi connectivity index (χ1) is 9.20. The van der Waals surface area contributed by atoms with Gasteiger partial charge >= 0.3 is 0 Å². The van der Waals surface area contributed by atoms with Crippen molar-refractivity contribution in [2.24, 2.45) is 0 Å². The summed E-state index contributed by atoms with van der Waals surface area (Å²) < 4.78 is 13.1. The van der Waals surface area contributed by atoms with E-state index >= 15 is 0 Å². The maximum absolute atomic E-state index is 13.1. The Kier molecular flexibility index (Phi) is 5.17. The van der Waals surface area contributed by atoms with Crippen LogP contribution in [0.15, 0.2) is 54.6 Å². The van der Waals surface area contributed by atoms with Crippen LogP contribution in [0.2, 0.25) is 0 Å². The van der Waals surface area contributed by atoms with E-state index in [1.807, 2.05) is 30.3 Å². The van der Waals surface area contributed by atoms with Crippen molar-refractivity contribution in [3.8, 4) is 0 Å². The largest absolute Gasteiger partial charge is 0.207 e. The predicted molar refractivity (Wildman–Crippen MR) is 85.8 cm³/mol. The molecule has 3 heteroatoms. The van der Waals surface area contributed by atoms with E-state index < -0.39 is 0 Å². The Morgan fingerprint density at radius 1 is 0.842 bits per heavy atom. The Bertz CT molecular complexity index is 504. The van der Waals surface area contributed by atoms with Gasteiger partial charge in [0.15, 0.2) is 0 Å². The fourth-order valence-electron chi connectivity index (χ4n) is 2.18. The van der Waals surface area contributed by atoms with Gasteiger partial charge in [0.2, 0.25) is 0 Å². The zero-order valence-corrected chi connectivity index (χ0v) is 13.6. The molecular weight excluding hydrogens is 371 g/mol. The molecule has 0 amide bonds. The van der Waals surface area contributed by atoms with E-state index in [0.29, 0.717) is 0 Å². The maximum Gasteiger partial charge on any atom is 0.123 e. The molecule has 100 valence electrons. The van der Waals surface area contributed by atoms with Crippen molar-refractivity contribution < 1.29 is 4.39 Å². The average Bonchev–Trinajstić information content (AvgIpc) is 2.47. The van der Waals surface area contributed by atoms with Gasteiger partial charge in [-0.1, -0.05) is 74.3 Å². The summed E-state index contributed by atoms with van der Waals surface area (Å²) in [6, 6.07) is 17.2. The molecule has 0 atom stereocenters. The molecule has 0 saturated heterocycles. The number of hydrogen-bond acceptors (Lipinski definition) is 0. The zero-order valence-electron chi connectivity index (χ0n) is 10.5. The third-order valence-corrected chi connectivity index (χ3v) is 5.50. The van der Waals surface area contributed by atoms with Crippen molar-refractivity contribution in [1.82, 2.24) is 0 Å². The summed E-state index contributed by atoms with van der Waals surface area (Å²) in [6.45, 7) is 0. The van der Waals surface area contributed by atoms with Crippen LogP contribution in [0.3, 0.4) is 0 Å². The first-order valence-electron chi connectivity index (χ1n) is 6.12. The van der Waals surface area contributed by atoms with Crippen molar-refractivity contribution in [2.45, 2.75) is 11.8 Å². The minimum Gasteiger partial charge on any atom is -0.207 e. The minimum absolute atomic E-state index is 0.0605. The van der Waals surface area contributed by atoms with Gasteiger partial charge in [0.05, 0.1) is 0 Å². The molecule has 0 aliphatic rings. The summed E-state index contributed by atoms with van der Waals surface area (Å²) in [7, 11) is 0. The summed E-state index contributed by atoms with van der Waals surface area (Å²) in [5.74, 6) is -0.193. The predicted octanol–water partition coefficient (Wildman–Crippen LogP) is 5.10. The van der Waals surface area contributed by atoms with E-state index in [-0.39, 0.29) is 11.2 Å². The standard InChI is InChI=1S/C16H15Br2F/c17-11-16(12-18,10-13-4-2-1-3-5-13)14-6-8-15(19)9-7-14/h1-9H,10-12H2. The van der Waals surface area contributed by atoms with Crippen LogP contribution in [0.4, 0.5) is 4.39 Å². The fraction of sp³-hybridized carbons (Fsp3) is 0.250. The normalized spacial score (nSPS) is 11.5. The van der Waals surface area contributed by atoms with Crippen molar-refractivity contribution in [3.05, 3.63) is 71.5 Å². The van der Waals surface area contributed by atoms with Crippen molar-refractivity contribution in [2.75, 3.05) is 10.7 Å². The number of halogens is 3. The van der Waals surface area contributed by atoms with Crippen molar-refractivity contribution in [3.63, 3.8) is 0 Å². The van der Waals surface area contributed by atoms with Gasteiger partial charge in [0, 0.05) is 16.1 Å². The molecule has 0 fully saturated rings. The summed E-state index contributed by atoms with van der Waals surface area (Å²) in [5.41, 5.74) is 2.37. The molecule has 2 aromatic rings. The lowest BCUT2D eigenvalue weighted by Gasteiger charge is -2.31. The second-order valence-electron chi connectivity index (χ2n) is 4.72. The van der Waals surface area contributed by atoms with E-state index in [1.54, 1.807) is 0 Å². The highest BCUT2D eigenvalue weighted by molar-refractivity contribution is 9.09. The Labute approximate surface area is 130 Å².